The molecule has 1 fully saturated rings. The topological polar surface area (TPSA) is 55.8 Å². The molecule has 1 aromatic carbocycles. The number of hydrogen-bond acceptors (Lipinski definition) is 5. The standard InChI is InChI=1S/C16H18ClNO4S/c1-4-6-18-15(19)13(23-16(18)20)9-10-7-11(17)14(22-5-2)12(8-10)21-3/h7-9H,4-6H2,1-3H3/b13-9+. The van der Waals surface area contributed by atoms with E-state index in [0.29, 0.717) is 40.1 Å². The summed E-state index contributed by atoms with van der Waals surface area (Å²) in [6.07, 6.45) is 2.37. The zero-order valence-corrected chi connectivity index (χ0v) is 14.8. The van der Waals surface area contributed by atoms with Crippen LogP contribution in [-0.2, 0) is 4.79 Å². The average Bonchev–Trinajstić information content (AvgIpc) is 2.77. The molecule has 124 valence electrons. The molecule has 7 heteroatoms. The maximum absolute atomic E-state index is 12.2. The normalized spacial score (nSPS) is 16.3. The van der Waals surface area contributed by atoms with Gasteiger partial charge >= 0.3 is 0 Å². The Kier molecular flexibility index (Phi) is 5.96. The molecule has 2 rings (SSSR count). The molecule has 1 saturated heterocycles. The Bertz CT molecular complexity index is 660. The van der Waals surface area contributed by atoms with Gasteiger partial charge in [0, 0.05) is 6.54 Å². The summed E-state index contributed by atoms with van der Waals surface area (Å²) in [5.74, 6) is 0.678. The summed E-state index contributed by atoms with van der Waals surface area (Å²) in [5, 5.41) is 0.150. The quantitative estimate of drug-likeness (QED) is 0.716. The number of carbonyl (C=O) groups excluding carboxylic acids is 2. The summed E-state index contributed by atoms with van der Waals surface area (Å²) >= 11 is 7.15. The van der Waals surface area contributed by atoms with Crippen molar-refractivity contribution in [3.05, 3.63) is 27.6 Å². The Labute approximate surface area is 144 Å². The molecule has 1 heterocycles. The van der Waals surface area contributed by atoms with Crippen molar-refractivity contribution in [2.75, 3.05) is 20.3 Å². The van der Waals surface area contributed by atoms with Gasteiger partial charge in [-0.2, -0.15) is 0 Å². The number of thioether (sulfide) groups is 1. The van der Waals surface area contributed by atoms with Crippen molar-refractivity contribution in [2.45, 2.75) is 20.3 Å². The highest BCUT2D eigenvalue weighted by Gasteiger charge is 2.34. The van der Waals surface area contributed by atoms with Gasteiger partial charge in [-0.1, -0.05) is 18.5 Å². The molecule has 0 aliphatic carbocycles. The predicted octanol–water partition coefficient (Wildman–Crippen LogP) is 4.19. The highest BCUT2D eigenvalue weighted by Crippen LogP contribution is 2.38. The number of benzene rings is 1. The van der Waals surface area contributed by atoms with E-state index in [-0.39, 0.29) is 11.1 Å². The van der Waals surface area contributed by atoms with E-state index >= 15 is 0 Å². The lowest BCUT2D eigenvalue weighted by molar-refractivity contribution is -0.122. The first-order chi connectivity index (χ1) is 11.0. The molecule has 23 heavy (non-hydrogen) atoms. The largest absolute Gasteiger partial charge is 0.493 e. The van der Waals surface area contributed by atoms with Crippen molar-refractivity contribution in [1.29, 1.82) is 0 Å². The highest BCUT2D eigenvalue weighted by atomic mass is 35.5. The monoisotopic (exact) mass is 355 g/mol. The van der Waals surface area contributed by atoms with E-state index in [0.717, 1.165) is 18.2 Å². The van der Waals surface area contributed by atoms with Crippen LogP contribution in [-0.4, -0.2) is 36.3 Å². The van der Waals surface area contributed by atoms with Crippen LogP contribution >= 0.6 is 23.4 Å². The van der Waals surface area contributed by atoms with Gasteiger partial charge in [0.25, 0.3) is 11.1 Å². The molecule has 0 bridgehead atoms. The Morgan fingerprint density at radius 3 is 2.65 bits per heavy atom. The summed E-state index contributed by atoms with van der Waals surface area (Å²) < 4.78 is 10.7. The fraction of sp³-hybridized carbons (Fsp3) is 0.375. The number of ether oxygens (including phenoxy) is 2. The average molecular weight is 356 g/mol. The zero-order chi connectivity index (χ0) is 17.0. The van der Waals surface area contributed by atoms with E-state index < -0.39 is 0 Å². The molecule has 1 aliphatic rings. The first-order valence-corrected chi connectivity index (χ1v) is 8.46. The smallest absolute Gasteiger partial charge is 0.293 e. The molecule has 0 atom stereocenters. The fourth-order valence-electron chi connectivity index (χ4n) is 2.18. The van der Waals surface area contributed by atoms with E-state index in [2.05, 4.69) is 0 Å². The first-order valence-electron chi connectivity index (χ1n) is 7.27. The molecule has 0 N–H and O–H groups in total. The molecular weight excluding hydrogens is 338 g/mol. The minimum atomic E-state index is -0.272. The molecule has 2 amide bonds. The molecule has 1 aliphatic heterocycles. The Morgan fingerprint density at radius 2 is 2.04 bits per heavy atom. The summed E-state index contributed by atoms with van der Waals surface area (Å²) in [7, 11) is 1.52. The minimum absolute atomic E-state index is 0.243. The second-order valence-corrected chi connectivity index (χ2v) is 6.20. The molecule has 0 aromatic heterocycles. The number of imide groups is 1. The maximum Gasteiger partial charge on any atom is 0.293 e. The third-order valence-corrected chi connectivity index (χ3v) is 4.35. The van der Waals surface area contributed by atoms with Crippen LogP contribution in [0.4, 0.5) is 4.79 Å². The summed E-state index contributed by atoms with van der Waals surface area (Å²) in [5.41, 5.74) is 0.678. The first kappa shape index (κ1) is 17.7. The fourth-order valence-corrected chi connectivity index (χ4v) is 3.31. The van der Waals surface area contributed by atoms with Crippen molar-refractivity contribution in [3.8, 4) is 11.5 Å². The van der Waals surface area contributed by atoms with Gasteiger partial charge in [0.1, 0.15) is 0 Å². The van der Waals surface area contributed by atoms with E-state index in [1.54, 1.807) is 18.2 Å². The third kappa shape index (κ3) is 3.82. The summed E-state index contributed by atoms with van der Waals surface area (Å²) in [6, 6.07) is 3.41. The van der Waals surface area contributed by atoms with Crippen LogP contribution in [0.3, 0.4) is 0 Å². The number of halogens is 1. The van der Waals surface area contributed by atoms with Gasteiger partial charge in [0.2, 0.25) is 0 Å². The summed E-state index contributed by atoms with van der Waals surface area (Å²) in [4.78, 5) is 25.7. The molecule has 0 unspecified atom stereocenters. The van der Waals surface area contributed by atoms with Crippen LogP contribution in [0.5, 0.6) is 11.5 Å². The number of hydrogen-bond donors (Lipinski definition) is 0. The zero-order valence-electron chi connectivity index (χ0n) is 13.2. The van der Waals surface area contributed by atoms with Crippen molar-refractivity contribution in [2.24, 2.45) is 0 Å². The molecule has 0 saturated carbocycles. The number of nitrogens with zero attached hydrogens (tertiary/aromatic N) is 1. The molecular formula is C16H18ClNO4S. The lowest BCUT2D eigenvalue weighted by Crippen LogP contribution is -2.28. The van der Waals surface area contributed by atoms with Gasteiger partial charge in [0.05, 0.1) is 23.6 Å². The maximum atomic E-state index is 12.2. The van der Waals surface area contributed by atoms with Crippen LogP contribution < -0.4 is 9.47 Å². The van der Waals surface area contributed by atoms with Gasteiger partial charge in [-0.05, 0) is 48.9 Å². The van der Waals surface area contributed by atoms with Crippen molar-refractivity contribution in [3.63, 3.8) is 0 Å². The van der Waals surface area contributed by atoms with Gasteiger partial charge in [-0.15, -0.1) is 0 Å². The van der Waals surface area contributed by atoms with Crippen molar-refractivity contribution >= 4 is 40.6 Å². The van der Waals surface area contributed by atoms with Gasteiger partial charge in [-0.25, -0.2) is 0 Å². The lowest BCUT2D eigenvalue weighted by Gasteiger charge is -2.12. The van der Waals surface area contributed by atoms with E-state index in [1.807, 2.05) is 13.8 Å². The summed E-state index contributed by atoms with van der Waals surface area (Å²) in [6.45, 7) is 4.66. The molecule has 0 spiro atoms. The van der Waals surface area contributed by atoms with Crippen molar-refractivity contribution < 1.29 is 19.1 Å². The van der Waals surface area contributed by atoms with Gasteiger partial charge in [-0.3, -0.25) is 14.5 Å². The Balaban J connectivity index is 2.34. The lowest BCUT2D eigenvalue weighted by atomic mass is 10.1. The SMILES string of the molecule is CCCN1C(=O)S/C(=C/c2cc(Cl)c(OCC)c(OC)c2)C1=O. The minimum Gasteiger partial charge on any atom is -0.493 e. The van der Waals surface area contributed by atoms with Crippen molar-refractivity contribution in [1.82, 2.24) is 4.90 Å². The number of methoxy groups -OCH3 is 1. The van der Waals surface area contributed by atoms with E-state index in [4.69, 9.17) is 21.1 Å². The second kappa shape index (κ2) is 7.75. The molecule has 1 aromatic rings. The highest BCUT2D eigenvalue weighted by molar-refractivity contribution is 8.18. The van der Waals surface area contributed by atoms with Gasteiger partial charge < -0.3 is 9.47 Å². The predicted molar refractivity (Wildman–Crippen MR) is 92.1 cm³/mol. The van der Waals surface area contributed by atoms with Crippen LogP contribution in [0.1, 0.15) is 25.8 Å². The van der Waals surface area contributed by atoms with Gasteiger partial charge in [0.15, 0.2) is 11.5 Å². The number of carbonyl (C=O) groups is 2. The van der Waals surface area contributed by atoms with Crippen LogP contribution in [0, 0.1) is 0 Å². The Morgan fingerprint density at radius 1 is 1.30 bits per heavy atom. The molecule has 5 nitrogen and oxygen atoms in total. The van der Waals surface area contributed by atoms with E-state index in [9.17, 15) is 9.59 Å². The number of rotatable bonds is 6. The van der Waals surface area contributed by atoms with E-state index in [1.165, 1.54) is 12.0 Å². The van der Waals surface area contributed by atoms with Crippen LogP contribution in [0.2, 0.25) is 5.02 Å². The molecule has 0 radical (unpaired) electrons. The Hall–Kier alpha value is -1.66. The third-order valence-electron chi connectivity index (χ3n) is 3.16. The second-order valence-electron chi connectivity index (χ2n) is 4.80. The number of amides is 2. The van der Waals surface area contributed by atoms with Crippen LogP contribution in [0.15, 0.2) is 17.0 Å². The van der Waals surface area contributed by atoms with Crippen LogP contribution in [0.25, 0.3) is 6.08 Å².